The summed E-state index contributed by atoms with van der Waals surface area (Å²) in [5.41, 5.74) is 1.91. The van der Waals surface area contributed by atoms with Gasteiger partial charge in [-0.15, -0.1) is 0 Å². The Bertz CT molecular complexity index is 660. The summed E-state index contributed by atoms with van der Waals surface area (Å²) in [6, 6.07) is 11.1. The minimum Gasteiger partial charge on any atom is -0.390 e. The van der Waals surface area contributed by atoms with Gasteiger partial charge in [-0.1, -0.05) is 30.3 Å². The lowest BCUT2D eigenvalue weighted by Gasteiger charge is -2.17. The van der Waals surface area contributed by atoms with Crippen LogP contribution in [-0.2, 0) is 6.42 Å². The predicted octanol–water partition coefficient (Wildman–Crippen LogP) is 1.61. The van der Waals surface area contributed by atoms with E-state index in [-0.39, 0.29) is 5.69 Å². The normalized spacial score (nSPS) is 20.5. The lowest BCUT2D eigenvalue weighted by atomic mass is 10.1. The van der Waals surface area contributed by atoms with Gasteiger partial charge in [0.1, 0.15) is 5.69 Å². The molecule has 0 saturated heterocycles. The number of fused-ring (bicyclic) bond motifs is 1. The summed E-state index contributed by atoms with van der Waals surface area (Å²) >= 11 is 0. The number of hydrogen-bond donors (Lipinski definition) is 2. The van der Waals surface area contributed by atoms with Gasteiger partial charge in [0.05, 0.1) is 12.1 Å². The third-order valence-corrected chi connectivity index (χ3v) is 3.44. The first-order valence-electron chi connectivity index (χ1n) is 6.34. The van der Waals surface area contributed by atoms with Crippen molar-refractivity contribution >= 4 is 5.91 Å². The number of aliphatic hydroxyl groups is 1. The number of aliphatic hydroxyl groups excluding tert-OH is 1. The predicted molar refractivity (Wildman–Crippen MR) is 70.6 cm³/mol. The Balaban J connectivity index is 1.83. The van der Waals surface area contributed by atoms with Crippen molar-refractivity contribution in [1.29, 1.82) is 0 Å². The zero-order valence-corrected chi connectivity index (χ0v) is 10.6. The maximum atomic E-state index is 13.0. The molecule has 1 aromatic heterocycles. The van der Waals surface area contributed by atoms with Crippen LogP contribution in [0.25, 0.3) is 0 Å². The average molecular weight is 272 g/mol. The largest absolute Gasteiger partial charge is 0.390 e. The minimum absolute atomic E-state index is 0.00146. The van der Waals surface area contributed by atoms with E-state index in [1.807, 2.05) is 24.3 Å². The highest BCUT2D eigenvalue weighted by molar-refractivity contribution is 5.92. The van der Waals surface area contributed by atoms with Gasteiger partial charge in [-0.25, -0.2) is 4.98 Å². The van der Waals surface area contributed by atoms with Crippen LogP contribution < -0.4 is 5.32 Å². The Labute approximate surface area is 115 Å². The van der Waals surface area contributed by atoms with Crippen molar-refractivity contribution in [3.63, 3.8) is 0 Å². The Morgan fingerprint density at radius 2 is 2.05 bits per heavy atom. The van der Waals surface area contributed by atoms with Crippen LogP contribution in [0.4, 0.5) is 4.39 Å². The number of carbonyl (C=O) groups excluding carboxylic acids is 1. The van der Waals surface area contributed by atoms with E-state index in [0.717, 1.165) is 11.1 Å². The second-order valence-corrected chi connectivity index (χ2v) is 4.77. The fourth-order valence-electron chi connectivity index (χ4n) is 2.50. The summed E-state index contributed by atoms with van der Waals surface area (Å²) in [6.07, 6.45) is -0.178. The maximum Gasteiger partial charge on any atom is 0.270 e. The van der Waals surface area contributed by atoms with Crippen molar-refractivity contribution in [1.82, 2.24) is 10.3 Å². The molecule has 4 nitrogen and oxygen atoms in total. The number of pyridine rings is 1. The van der Waals surface area contributed by atoms with E-state index in [4.69, 9.17) is 0 Å². The van der Waals surface area contributed by atoms with Crippen molar-refractivity contribution in [3.8, 4) is 0 Å². The fourth-order valence-corrected chi connectivity index (χ4v) is 2.50. The molecule has 20 heavy (non-hydrogen) atoms. The van der Waals surface area contributed by atoms with E-state index in [1.165, 1.54) is 18.2 Å². The number of benzene rings is 1. The lowest BCUT2D eigenvalue weighted by molar-refractivity contribution is 0.0852. The van der Waals surface area contributed by atoms with Crippen LogP contribution in [0.3, 0.4) is 0 Å². The smallest absolute Gasteiger partial charge is 0.270 e. The van der Waals surface area contributed by atoms with Gasteiger partial charge < -0.3 is 10.4 Å². The van der Waals surface area contributed by atoms with E-state index in [2.05, 4.69) is 10.3 Å². The quantitative estimate of drug-likeness (QED) is 0.816. The van der Waals surface area contributed by atoms with Crippen LogP contribution in [-0.4, -0.2) is 22.1 Å². The minimum atomic E-state index is -0.704. The molecule has 2 aromatic rings. The summed E-state index contributed by atoms with van der Waals surface area (Å²) in [5, 5.41) is 12.8. The summed E-state index contributed by atoms with van der Waals surface area (Å²) in [4.78, 5) is 15.6. The zero-order valence-electron chi connectivity index (χ0n) is 10.6. The molecule has 0 radical (unpaired) electrons. The van der Waals surface area contributed by atoms with Crippen LogP contribution in [0, 0.1) is 5.95 Å². The molecule has 0 saturated carbocycles. The van der Waals surface area contributed by atoms with Crippen molar-refractivity contribution in [2.24, 2.45) is 0 Å². The van der Waals surface area contributed by atoms with Crippen LogP contribution in [0.1, 0.15) is 27.7 Å². The highest BCUT2D eigenvalue weighted by Crippen LogP contribution is 2.31. The van der Waals surface area contributed by atoms with Gasteiger partial charge in [0, 0.05) is 6.42 Å². The first-order chi connectivity index (χ1) is 9.65. The molecule has 1 heterocycles. The third kappa shape index (κ3) is 2.28. The topological polar surface area (TPSA) is 62.2 Å². The number of aromatic nitrogens is 1. The van der Waals surface area contributed by atoms with E-state index in [1.54, 1.807) is 0 Å². The number of amides is 1. The lowest BCUT2D eigenvalue weighted by Crippen LogP contribution is -2.34. The molecule has 1 aliphatic carbocycles. The number of nitrogens with one attached hydrogen (secondary N) is 1. The molecule has 0 bridgehead atoms. The molecule has 1 amide bonds. The second kappa shape index (κ2) is 5.02. The van der Waals surface area contributed by atoms with Gasteiger partial charge in [-0.05, 0) is 23.3 Å². The first kappa shape index (κ1) is 12.7. The number of halogens is 1. The molecule has 2 atom stereocenters. The second-order valence-electron chi connectivity index (χ2n) is 4.77. The number of hydrogen-bond acceptors (Lipinski definition) is 3. The number of carbonyl (C=O) groups is 1. The van der Waals surface area contributed by atoms with Gasteiger partial charge in [0.25, 0.3) is 5.91 Å². The summed E-state index contributed by atoms with van der Waals surface area (Å²) in [7, 11) is 0. The molecular formula is C15H13FN2O2. The molecule has 2 N–H and O–H groups in total. The van der Waals surface area contributed by atoms with E-state index in [9.17, 15) is 14.3 Å². The van der Waals surface area contributed by atoms with Crippen molar-refractivity contribution < 1.29 is 14.3 Å². The Morgan fingerprint density at radius 3 is 2.85 bits per heavy atom. The molecule has 0 fully saturated rings. The molecular weight excluding hydrogens is 259 g/mol. The van der Waals surface area contributed by atoms with Crippen LogP contribution in [0.5, 0.6) is 0 Å². The van der Waals surface area contributed by atoms with Gasteiger partial charge in [0.15, 0.2) is 0 Å². The van der Waals surface area contributed by atoms with E-state index >= 15 is 0 Å². The fraction of sp³-hybridized carbons (Fsp3) is 0.200. The molecule has 0 spiro atoms. The molecule has 3 rings (SSSR count). The standard InChI is InChI=1S/C15H13FN2O2/c16-13-7-3-6-11(17-13)15(20)18-14-10-5-2-1-4-9(10)8-12(14)19/h1-7,12,14,19H,8H2,(H,18,20). The summed E-state index contributed by atoms with van der Waals surface area (Å²) < 4.78 is 13.0. The summed E-state index contributed by atoms with van der Waals surface area (Å²) in [6.45, 7) is 0. The molecule has 102 valence electrons. The monoisotopic (exact) mass is 272 g/mol. The molecule has 2 unspecified atom stereocenters. The molecule has 1 aliphatic rings. The molecule has 5 heteroatoms. The number of nitrogens with zero attached hydrogens (tertiary/aromatic N) is 1. The van der Waals surface area contributed by atoms with E-state index in [0.29, 0.717) is 6.42 Å². The van der Waals surface area contributed by atoms with Crippen molar-refractivity contribution in [2.45, 2.75) is 18.6 Å². The maximum absolute atomic E-state index is 13.0. The molecule has 1 aromatic carbocycles. The average Bonchev–Trinajstić information content (AvgIpc) is 2.75. The number of rotatable bonds is 2. The SMILES string of the molecule is O=C(NC1c2ccccc2CC1O)c1cccc(F)n1. The van der Waals surface area contributed by atoms with Crippen LogP contribution >= 0.6 is 0 Å². The van der Waals surface area contributed by atoms with Gasteiger partial charge in [-0.3, -0.25) is 4.79 Å². The van der Waals surface area contributed by atoms with Crippen molar-refractivity contribution in [3.05, 3.63) is 65.2 Å². The van der Waals surface area contributed by atoms with Gasteiger partial charge >= 0.3 is 0 Å². The Kier molecular flexibility index (Phi) is 3.20. The Hall–Kier alpha value is -2.27. The van der Waals surface area contributed by atoms with Gasteiger partial charge in [-0.2, -0.15) is 4.39 Å². The zero-order chi connectivity index (χ0) is 14.1. The summed E-state index contributed by atoms with van der Waals surface area (Å²) in [5.74, 6) is -1.20. The van der Waals surface area contributed by atoms with Crippen LogP contribution in [0.2, 0.25) is 0 Å². The highest BCUT2D eigenvalue weighted by Gasteiger charge is 2.32. The third-order valence-electron chi connectivity index (χ3n) is 3.44. The van der Waals surface area contributed by atoms with Gasteiger partial charge in [0.2, 0.25) is 5.95 Å². The molecule has 0 aliphatic heterocycles. The van der Waals surface area contributed by atoms with E-state index < -0.39 is 24.0 Å². The van der Waals surface area contributed by atoms with Crippen molar-refractivity contribution in [2.75, 3.05) is 0 Å². The first-order valence-corrected chi connectivity index (χ1v) is 6.34. The Morgan fingerprint density at radius 1 is 1.25 bits per heavy atom. The highest BCUT2D eigenvalue weighted by atomic mass is 19.1. The van der Waals surface area contributed by atoms with Crippen LogP contribution in [0.15, 0.2) is 42.5 Å².